The molecule has 0 bridgehead atoms. The van der Waals surface area contributed by atoms with Crippen molar-refractivity contribution in [3.8, 4) is 0 Å². The number of hydrazine groups is 3. The summed E-state index contributed by atoms with van der Waals surface area (Å²) < 4.78 is 0. The van der Waals surface area contributed by atoms with Gasteiger partial charge >= 0.3 is 0 Å². The zero-order valence-electron chi connectivity index (χ0n) is 10.5. The lowest BCUT2D eigenvalue weighted by atomic mass is 9.86. The van der Waals surface area contributed by atoms with E-state index < -0.39 is 0 Å². The number of hydrogen-bond acceptors (Lipinski definition) is 5. The van der Waals surface area contributed by atoms with Gasteiger partial charge in [-0.2, -0.15) is 11.1 Å². The molecule has 0 radical (unpaired) electrons. The van der Waals surface area contributed by atoms with Crippen LogP contribution in [0.4, 0.5) is 0 Å². The second kappa shape index (κ2) is 4.72. The van der Waals surface area contributed by atoms with Crippen molar-refractivity contribution < 1.29 is 0 Å². The number of nitrogens with one attached hydrogen (secondary N) is 4. The Balaban J connectivity index is 2.12. The van der Waals surface area contributed by atoms with Crippen LogP contribution in [0.15, 0.2) is 24.3 Å². The predicted octanol–water partition coefficient (Wildman–Crippen LogP) is 0.427. The second-order valence-corrected chi connectivity index (χ2v) is 5.41. The molecule has 0 spiro atoms. The molecule has 0 amide bonds. The van der Waals surface area contributed by atoms with Crippen molar-refractivity contribution in [2.45, 2.75) is 38.4 Å². The molecular formula is C12H21N5. The van der Waals surface area contributed by atoms with Crippen LogP contribution >= 0.6 is 0 Å². The van der Waals surface area contributed by atoms with Gasteiger partial charge in [-0.15, -0.1) is 0 Å². The van der Waals surface area contributed by atoms with Crippen molar-refractivity contribution in [3.05, 3.63) is 35.4 Å². The molecule has 0 saturated carbocycles. The fourth-order valence-electron chi connectivity index (χ4n) is 1.84. The second-order valence-electron chi connectivity index (χ2n) is 5.41. The first kappa shape index (κ1) is 12.5. The Morgan fingerprint density at radius 3 is 2.06 bits per heavy atom. The molecule has 1 aliphatic heterocycles. The van der Waals surface area contributed by atoms with Crippen LogP contribution in [0.25, 0.3) is 0 Å². The molecule has 1 saturated heterocycles. The number of rotatable bonds is 2. The molecule has 1 aliphatic rings. The zero-order valence-corrected chi connectivity index (χ0v) is 10.5. The molecular weight excluding hydrogens is 214 g/mol. The van der Waals surface area contributed by atoms with Gasteiger partial charge in [0.2, 0.25) is 0 Å². The molecule has 2 rings (SSSR count). The maximum atomic E-state index is 6.15. The van der Waals surface area contributed by atoms with Gasteiger partial charge in [0.25, 0.3) is 0 Å². The van der Waals surface area contributed by atoms with E-state index in [0.29, 0.717) is 0 Å². The molecule has 1 unspecified atom stereocenters. The molecule has 1 heterocycles. The molecule has 5 heteroatoms. The molecule has 1 aromatic carbocycles. The van der Waals surface area contributed by atoms with Crippen LogP contribution < -0.4 is 27.7 Å². The van der Waals surface area contributed by atoms with E-state index in [2.05, 4.69) is 67.0 Å². The Kier molecular flexibility index (Phi) is 3.46. The Labute approximate surface area is 102 Å². The molecule has 1 fully saturated rings. The standard InChI is InChI=1S/C12H21N5/c1-12(2,3)9-6-4-8(5-7-9)10(13)11-14-16-17-15-11/h4-7,10-11,14-17H,13H2,1-3H3. The number of nitrogens with two attached hydrogens (primary N) is 1. The summed E-state index contributed by atoms with van der Waals surface area (Å²) in [6, 6.07) is 8.36. The lowest BCUT2D eigenvalue weighted by Gasteiger charge is -2.22. The van der Waals surface area contributed by atoms with Crippen LogP contribution in [0.1, 0.15) is 37.9 Å². The van der Waals surface area contributed by atoms with Crippen LogP contribution in [0.3, 0.4) is 0 Å². The summed E-state index contributed by atoms with van der Waals surface area (Å²) in [5.74, 6) is 0. The summed E-state index contributed by atoms with van der Waals surface area (Å²) >= 11 is 0. The minimum Gasteiger partial charge on any atom is -0.321 e. The van der Waals surface area contributed by atoms with Gasteiger partial charge in [0.15, 0.2) is 0 Å². The molecule has 6 N–H and O–H groups in total. The topological polar surface area (TPSA) is 74.1 Å². The average Bonchev–Trinajstić information content (AvgIpc) is 2.80. The van der Waals surface area contributed by atoms with Gasteiger partial charge in [0.05, 0.1) is 6.04 Å². The summed E-state index contributed by atoms with van der Waals surface area (Å²) in [4.78, 5) is 0. The van der Waals surface area contributed by atoms with Gasteiger partial charge in [0.1, 0.15) is 6.17 Å². The minimum atomic E-state index is -0.105. The van der Waals surface area contributed by atoms with Gasteiger partial charge in [-0.1, -0.05) is 45.0 Å². The van der Waals surface area contributed by atoms with Crippen LogP contribution in [0, 0.1) is 0 Å². The van der Waals surface area contributed by atoms with E-state index in [4.69, 9.17) is 5.73 Å². The van der Waals surface area contributed by atoms with Gasteiger partial charge in [-0.25, -0.2) is 10.9 Å². The van der Waals surface area contributed by atoms with Gasteiger partial charge < -0.3 is 5.73 Å². The number of hydrogen-bond donors (Lipinski definition) is 5. The van der Waals surface area contributed by atoms with Crippen molar-refractivity contribution in [2.75, 3.05) is 0 Å². The average molecular weight is 235 g/mol. The molecule has 5 nitrogen and oxygen atoms in total. The molecule has 1 aromatic rings. The Hall–Kier alpha value is -0.980. The fourth-order valence-corrected chi connectivity index (χ4v) is 1.84. The van der Waals surface area contributed by atoms with Crippen molar-refractivity contribution in [3.63, 3.8) is 0 Å². The summed E-state index contributed by atoms with van der Waals surface area (Å²) in [5.41, 5.74) is 20.3. The highest BCUT2D eigenvalue weighted by Crippen LogP contribution is 2.23. The third kappa shape index (κ3) is 2.83. The Morgan fingerprint density at radius 1 is 1.06 bits per heavy atom. The lowest BCUT2D eigenvalue weighted by molar-refractivity contribution is 0.440. The molecule has 1 atom stereocenters. The van der Waals surface area contributed by atoms with E-state index in [1.54, 1.807) is 0 Å². The van der Waals surface area contributed by atoms with Crippen molar-refractivity contribution in [1.29, 1.82) is 0 Å². The van der Waals surface area contributed by atoms with Crippen LogP contribution in [0.2, 0.25) is 0 Å². The largest absolute Gasteiger partial charge is 0.321 e. The van der Waals surface area contributed by atoms with Gasteiger partial charge in [-0.3, -0.25) is 0 Å². The molecule has 94 valence electrons. The lowest BCUT2D eigenvalue weighted by Crippen LogP contribution is -2.43. The van der Waals surface area contributed by atoms with Crippen molar-refractivity contribution in [2.24, 2.45) is 5.73 Å². The SMILES string of the molecule is CC(C)(C)c1ccc(C(N)C2NNNN2)cc1. The first-order chi connectivity index (χ1) is 7.98. The summed E-state index contributed by atoms with van der Waals surface area (Å²) in [6.45, 7) is 6.61. The van der Waals surface area contributed by atoms with E-state index in [0.717, 1.165) is 5.56 Å². The summed E-state index contributed by atoms with van der Waals surface area (Å²) in [6.07, 6.45) is -0.0181. The van der Waals surface area contributed by atoms with Crippen LogP contribution in [-0.2, 0) is 5.41 Å². The van der Waals surface area contributed by atoms with E-state index in [1.165, 1.54) is 5.56 Å². The highest BCUT2D eigenvalue weighted by Gasteiger charge is 2.22. The Morgan fingerprint density at radius 2 is 1.59 bits per heavy atom. The van der Waals surface area contributed by atoms with Crippen molar-refractivity contribution in [1.82, 2.24) is 21.9 Å². The smallest absolute Gasteiger partial charge is 0.105 e. The first-order valence-corrected chi connectivity index (χ1v) is 5.85. The van der Waals surface area contributed by atoms with E-state index in [-0.39, 0.29) is 17.6 Å². The quantitative estimate of drug-likeness (QED) is 0.514. The monoisotopic (exact) mass is 235 g/mol. The molecule has 0 aliphatic carbocycles. The zero-order chi connectivity index (χ0) is 12.5. The molecule has 17 heavy (non-hydrogen) atoms. The highest BCUT2D eigenvalue weighted by atomic mass is 15.8. The normalized spacial score (nSPS) is 19.5. The first-order valence-electron chi connectivity index (χ1n) is 5.85. The number of benzene rings is 1. The van der Waals surface area contributed by atoms with Crippen LogP contribution in [-0.4, -0.2) is 6.17 Å². The maximum absolute atomic E-state index is 6.15. The summed E-state index contributed by atoms with van der Waals surface area (Å²) in [5, 5.41) is 0. The van der Waals surface area contributed by atoms with E-state index >= 15 is 0 Å². The third-order valence-corrected chi connectivity index (χ3v) is 3.04. The molecule has 0 aromatic heterocycles. The van der Waals surface area contributed by atoms with Gasteiger partial charge in [-0.05, 0) is 16.5 Å². The fraction of sp³-hybridized carbons (Fsp3) is 0.500. The van der Waals surface area contributed by atoms with E-state index in [9.17, 15) is 0 Å². The highest BCUT2D eigenvalue weighted by molar-refractivity contribution is 5.29. The minimum absolute atomic E-state index is 0.0181. The van der Waals surface area contributed by atoms with Crippen LogP contribution in [0.5, 0.6) is 0 Å². The summed E-state index contributed by atoms with van der Waals surface area (Å²) in [7, 11) is 0. The maximum Gasteiger partial charge on any atom is 0.105 e. The third-order valence-electron chi connectivity index (χ3n) is 3.04. The van der Waals surface area contributed by atoms with Crippen molar-refractivity contribution >= 4 is 0 Å². The van der Waals surface area contributed by atoms with E-state index in [1.807, 2.05) is 0 Å². The predicted molar refractivity (Wildman–Crippen MR) is 68.4 cm³/mol. The Bertz CT molecular complexity index is 361. The van der Waals surface area contributed by atoms with Gasteiger partial charge in [0, 0.05) is 0 Å².